The van der Waals surface area contributed by atoms with Crippen molar-refractivity contribution in [3.05, 3.63) is 0 Å². The summed E-state index contributed by atoms with van der Waals surface area (Å²) in [5.41, 5.74) is 0. The van der Waals surface area contributed by atoms with Crippen LogP contribution in [0.5, 0.6) is 0 Å². The Morgan fingerprint density at radius 3 is 2.75 bits per heavy atom. The fraction of sp³-hybridized carbons (Fsp3) is 0.917. The molecular formula is C12H23NO3. The van der Waals surface area contributed by atoms with Crippen molar-refractivity contribution in [3.63, 3.8) is 0 Å². The molecule has 0 bridgehead atoms. The van der Waals surface area contributed by atoms with Gasteiger partial charge in [0.2, 0.25) is 5.91 Å². The highest BCUT2D eigenvalue weighted by Crippen LogP contribution is 2.15. The normalized spacial score (nSPS) is 19.4. The first-order valence-electron chi connectivity index (χ1n) is 6.24. The summed E-state index contributed by atoms with van der Waals surface area (Å²) in [7, 11) is 0. The zero-order valence-electron chi connectivity index (χ0n) is 10.1. The predicted molar refractivity (Wildman–Crippen MR) is 62.0 cm³/mol. The van der Waals surface area contributed by atoms with Gasteiger partial charge in [-0.25, -0.2) is 0 Å². The summed E-state index contributed by atoms with van der Waals surface area (Å²) in [6.07, 6.45) is 3.43. The van der Waals surface area contributed by atoms with Gasteiger partial charge in [0.25, 0.3) is 0 Å². The monoisotopic (exact) mass is 229 g/mol. The van der Waals surface area contributed by atoms with Gasteiger partial charge in [-0.3, -0.25) is 4.79 Å². The van der Waals surface area contributed by atoms with E-state index >= 15 is 0 Å². The Morgan fingerprint density at radius 2 is 2.19 bits per heavy atom. The van der Waals surface area contributed by atoms with Gasteiger partial charge in [0, 0.05) is 32.3 Å². The van der Waals surface area contributed by atoms with E-state index in [0.29, 0.717) is 25.7 Å². The molecule has 1 aliphatic heterocycles. The molecule has 1 amide bonds. The molecule has 0 saturated carbocycles. The first-order chi connectivity index (χ1) is 7.77. The van der Waals surface area contributed by atoms with Crippen LogP contribution in [0.25, 0.3) is 0 Å². The third-order valence-corrected chi connectivity index (χ3v) is 3.27. The standard InChI is InChI=1S/C12H23NO3/c1-2-10(3-6-14)9-13-12(15)11-4-7-16-8-5-11/h10-11,14H,2-9H2,1H3,(H,13,15). The summed E-state index contributed by atoms with van der Waals surface area (Å²) >= 11 is 0. The highest BCUT2D eigenvalue weighted by atomic mass is 16.5. The molecule has 2 N–H and O–H groups in total. The molecule has 0 aromatic carbocycles. The van der Waals surface area contributed by atoms with E-state index in [1.54, 1.807) is 0 Å². The Bertz CT molecular complexity index is 202. The van der Waals surface area contributed by atoms with Gasteiger partial charge in [0.05, 0.1) is 0 Å². The van der Waals surface area contributed by atoms with Crippen molar-refractivity contribution in [1.82, 2.24) is 5.32 Å². The number of rotatable bonds is 6. The maximum Gasteiger partial charge on any atom is 0.223 e. The Balaban J connectivity index is 2.22. The van der Waals surface area contributed by atoms with Crippen molar-refractivity contribution in [2.75, 3.05) is 26.4 Å². The van der Waals surface area contributed by atoms with E-state index in [1.807, 2.05) is 0 Å². The van der Waals surface area contributed by atoms with Gasteiger partial charge in [-0.05, 0) is 25.2 Å². The van der Waals surface area contributed by atoms with E-state index in [0.717, 1.165) is 25.7 Å². The summed E-state index contributed by atoms with van der Waals surface area (Å²) in [4.78, 5) is 11.8. The highest BCUT2D eigenvalue weighted by Gasteiger charge is 2.21. The Hall–Kier alpha value is -0.610. The lowest BCUT2D eigenvalue weighted by atomic mass is 9.98. The Kier molecular flexibility index (Phi) is 6.42. The molecule has 94 valence electrons. The molecule has 4 heteroatoms. The lowest BCUT2D eigenvalue weighted by molar-refractivity contribution is -0.128. The molecule has 0 aromatic heterocycles. The van der Waals surface area contributed by atoms with Crippen LogP contribution in [0.15, 0.2) is 0 Å². The largest absolute Gasteiger partial charge is 0.396 e. The molecule has 4 nitrogen and oxygen atoms in total. The maximum atomic E-state index is 11.8. The van der Waals surface area contributed by atoms with Gasteiger partial charge in [0.15, 0.2) is 0 Å². The summed E-state index contributed by atoms with van der Waals surface area (Å²) in [5.74, 6) is 0.675. The molecular weight excluding hydrogens is 206 g/mol. The molecule has 16 heavy (non-hydrogen) atoms. The van der Waals surface area contributed by atoms with E-state index in [4.69, 9.17) is 9.84 Å². The Labute approximate surface area is 97.4 Å². The third kappa shape index (κ3) is 4.49. The zero-order chi connectivity index (χ0) is 11.8. The van der Waals surface area contributed by atoms with E-state index in [-0.39, 0.29) is 18.4 Å². The van der Waals surface area contributed by atoms with Crippen molar-refractivity contribution in [1.29, 1.82) is 0 Å². The van der Waals surface area contributed by atoms with Crippen LogP contribution in [0.1, 0.15) is 32.6 Å². The first-order valence-corrected chi connectivity index (χ1v) is 6.24. The summed E-state index contributed by atoms with van der Waals surface area (Å²) in [6.45, 7) is 4.37. The molecule has 1 atom stereocenters. The number of hydrogen-bond acceptors (Lipinski definition) is 3. The number of aliphatic hydroxyl groups excluding tert-OH is 1. The molecule has 1 saturated heterocycles. The fourth-order valence-electron chi connectivity index (χ4n) is 1.98. The minimum atomic E-state index is 0.125. The van der Waals surface area contributed by atoms with Crippen molar-refractivity contribution in [2.24, 2.45) is 11.8 Å². The molecule has 0 radical (unpaired) electrons. The van der Waals surface area contributed by atoms with Gasteiger partial charge in [-0.15, -0.1) is 0 Å². The fourth-order valence-corrected chi connectivity index (χ4v) is 1.98. The van der Waals surface area contributed by atoms with E-state index in [2.05, 4.69) is 12.2 Å². The average molecular weight is 229 g/mol. The minimum absolute atomic E-state index is 0.125. The van der Waals surface area contributed by atoms with Crippen LogP contribution in [0, 0.1) is 11.8 Å². The van der Waals surface area contributed by atoms with Gasteiger partial charge in [-0.2, -0.15) is 0 Å². The lowest BCUT2D eigenvalue weighted by Gasteiger charge is -2.22. The number of carbonyl (C=O) groups excluding carboxylic acids is 1. The second-order valence-corrected chi connectivity index (χ2v) is 4.42. The maximum absolute atomic E-state index is 11.8. The molecule has 1 fully saturated rings. The van der Waals surface area contributed by atoms with E-state index < -0.39 is 0 Å². The predicted octanol–water partition coefficient (Wildman–Crippen LogP) is 0.938. The topological polar surface area (TPSA) is 58.6 Å². The molecule has 0 spiro atoms. The zero-order valence-corrected chi connectivity index (χ0v) is 10.1. The quantitative estimate of drug-likeness (QED) is 0.712. The van der Waals surface area contributed by atoms with Crippen LogP contribution in [0.3, 0.4) is 0 Å². The molecule has 1 heterocycles. The number of amides is 1. The number of aliphatic hydroxyl groups is 1. The number of hydrogen-bond donors (Lipinski definition) is 2. The van der Waals surface area contributed by atoms with Crippen molar-refractivity contribution >= 4 is 5.91 Å². The molecule has 1 unspecified atom stereocenters. The van der Waals surface area contributed by atoms with Crippen molar-refractivity contribution in [3.8, 4) is 0 Å². The van der Waals surface area contributed by atoms with E-state index in [1.165, 1.54) is 0 Å². The molecule has 1 rings (SSSR count). The van der Waals surface area contributed by atoms with Crippen LogP contribution in [-0.4, -0.2) is 37.4 Å². The highest BCUT2D eigenvalue weighted by molar-refractivity contribution is 5.78. The Morgan fingerprint density at radius 1 is 1.50 bits per heavy atom. The van der Waals surface area contributed by atoms with Gasteiger partial charge < -0.3 is 15.2 Å². The number of carbonyl (C=O) groups is 1. The smallest absolute Gasteiger partial charge is 0.223 e. The molecule has 1 aliphatic rings. The SMILES string of the molecule is CCC(CCO)CNC(=O)C1CCOCC1. The molecule has 0 aromatic rings. The number of ether oxygens (including phenoxy) is 1. The van der Waals surface area contributed by atoms with Gasteiger partial charge in [-0.1, -0.05) is 13.3 Å². The van der Waals surface area contributed by atoms with E-state index in [9.17, 15) is 4.79 Å². The summed E-state index contributed by atoms with van der Waals surface area (Å²) < 4.78 is 5.22. The van der Waals surface area contributed by atoms with Gasteiger partial charge in [0.1, 0.15) is 0 Å². The lowest BCUT2D eigenvalue weighted by Crippen LogP contribution is -2.37. The van der Waals surface area contributed by atoms with Crippen LogP contribution in [-0.2, 0) is 9.53 Å². The first kappa shape index (κ1) is 13.5. The minimum Gasteiger partial charge on any atom is -0.396 e. The summed E-state index contributed by atoms with van der Waals surface area (Å²) in [6, 6.07) is 0. The van der Waals surface area contributed by atoms with Crippen molar-refractivity contribution in [2.45, 2.75) is 32.6 Å². The number of nitrogens with one attached hydrogen (secondary N) is 1. The summed E-state index contributed by atoms with van der Waals surface area (Å²) in [5, 5.41) is 11.8. The van der Waals surface area contributed by atoms with Crippen LogP contribution in [0.4, 0.5) is 0 Å². The van der Waals surface area contributed by atoms with Crippen LogP contribution >= 0.6 is 0 Å². The second-order valence-electron chi connectivity index (χ2n) is 4.42. The average Bonchev–Trinajstić information content (AvgIpc) is 2.35. The van der Waals surface area contributed by atoms with Crippen molar-refractivity contribution < 1.29 is 14.6 Å². The third-order valence-electron chi connectivity index (χ3n) is 3.27. The van der Waals surface area contributed by atoms with Crippen LogP contribution in [0.2, 0.25) is 0 Å². The second kappa shape index (κ2) is 7.63. The van der Waals surface area contributed by atoms with Crippen LogP contribution < -0.4 is 5.32 Å². The van der Waals surface area contributed by atoms with Gasteiger partial charge >= 0.3 is 0 Å². The molecule has 0 aliphatic carbocycles.